The van der Waals surface area contributed by atoms with Crippen molar-refractivity contribution >= 4 is 8.25 Å². The maximum Gasteiger partial charge on any atom is 0.692 e. The van der Waals surface area contributed by atoms with Gasteiger partial charge < -0.3 is 0 Å². The Morgan fingerprint density at radius 2 is 0.562 bits per heavy atom. The Kier molecular flexibility index (Phi) is 13.1. The van der Waals surface area contributed by atoms with Crippen LogP contribution in [0.1, 0.15) is 77.0 Å². The molecule has 0 aromatic carbocycles. The minimum Gasteiger partial charge on any atom is -0.134 e. The van der Waals surface area contributed by atoms with Gasteiger partial charge in [-0.25, -0.2) is 0 Å². The molecule has 0 unspecified atom stereocenters. The molecular weight excluding hydrogens is 223 g/mol. The molecular formula is C12H26O3P+. The van der Waals surface area contributed by atoms with Gasteiger partial charge in [-0.15, -0.1) is 9.79 Å². The van der Waals surface area contributed by atoms with Crippen molar-refractivity contribution in [2.75, 3.05) is 0 Å². The maximum absolute atomic E-state index is 8.70. The van der Waals surface area contributed by atoms with E-state index in [9.17, 15) is 0 Å². The van der Waals surface area contributed by atoms with Crippen molar-refractivity contribution in [1.82, 2.24) is 0 Å². The lowest BCUT2D eigenvalue weighted by Crippen LogP contribution is -1.85. The lowest BCUT2D eigenvalue weighted by Gasteiger charge is -2.05. The molecule has 1 rings (SSSR count). The Labute approximate surface area is 100 Å². The largest absolute Gasteiger partial charge is 0.692 e. The molecule has 0 saturated heterocycles. The summed E-state index contributed by atoms with van der Waals surface area (Å²) < 4.78 is 8.70. The maximum atomic E-state index is 8.70. The molecule has 1 fully saturated rings. The Morgan fingerprint density at radius 3 is 0.625 bits per heavy atom. The molecule has 1 aliphatic carbocycles. The first kappa shape index (κ1) is 16.0. The molecule has 0 spiro atoms. The molecule has 1 saturated carbocycles. The predicted octanol–water partition coefficient (Wildman–Crippen LogP) is 4.31. The van der Waals surface area contributed by atoms with Gasteiger partial charge in [-0.05, 0) is 0 Å². The highest BCUT2D eigenvalue weighted by molar-refractivity contribution is 7.30. The molecule has 4 heteroatoms. The Hall–Kier alpha value is 0.0200. The highest BCUT2D eigenvalue weighted by Crippen LogP contribution is 2.15. The van der Waals surface area contributed by atoms with Crippen molar-refractivity contribution in [3.8, 4) is 0 Å². The van der Waals surface area contributed by atoms with Gasteiger partial charge in [-0.2, -0.15) is 0 Å². The van der Waals surface area contributed by atoms with E-state index in [0.717, 1.165) is 0 Å². The van der Waals surface area contributed by atoms with Crippen LogP contribution in [0.15, 0.2) is 0 Å². The molecule has 0 aliphatic heterocycles. The quantitative estimate of drug-likeness (QED) is 0.629. The number of hydrogen-bond donors (Lipinski definition) is 2. The summed E-state index contributed by atoms with van der Waals surface area (Å²) >= 11 is 0. The van der Waals surface area contributed by atoms with Crippen molar-refractivity contribution in [3.05, 3.63) is 0 Å². The van der Waals surface area contributed by atoms with Crippen molar-refractivity contribution < 1.29 is 14.4 Å². The fourth-order valence-electron chi connectivity index (χ4n) is 2.12. The van der Waals surface area contributed by atoms with Crippen LogP contribution in [0.3, 0.4) is 0 Å². The Bertz CT molecular complexity index is 115. The summed E-state index contributed by atoms with van der Waals surface area (Å²) in [5.74, 6) is 0. The van der Waals surface area contributed by atoms with E-state index in [1.807, 2.05) is 0 Å². The smallest absolute Gasteiger partial charge is 0.134 e. The van der Waals surface area contributed by atoms with E-state index >= 15 is 0 Å². The van der Waals surface area contributed by atoms with Crippen LogP contribution in [0.4, 0.5) is 0 Å². The Balaban J connectivity index is 0.000000487. The highest BCUT2D eigenvalue weighted by atomic mass is 31.1. The van der Waals surface area contributed by atoms with Gasteiger partial charge in [0.15, 0.2) is 0 Å². The zero-order chi connectivity index (χ0) is 12.1. The molecule has 0 aromatic heterocycles. The van der Waals surface area contributed by atoms with E-state index in [-0.39, 0.29) is 0 Å². The average molecular weight is 249 g/mol. The monoisotopic (exact) mass is 249 g/mol. The number of hydrogen-bond acceptors (Lipinski definition) is 1. The van der Waals surface area contributed by atoms with Crippen molar-refractivity contribution in [3.63, 3.8) is 0 Å². The molecule has 1 aliphatic rings. The zero-order valence-corrected chi connectivity index (χ0v) is 11.1. The normalized spacial score (nSPS) is 19.6. The van der Waals surface area contributed by atoms with Crippen LogP contribution in [-0.4, -0.2) is 9.79 Å². The zero-order valence-electron chi connectivity index (χ0n) is 10.2. The summed E-state index contributed by atoms with van der Waals surface area (Å²) in [5.41, 5.74) is 0. The third kappa shape index (κ3) is 16.4. The van der Waals surface area contributed by atoms with Crippen LogP contribution in [-0.2, 0) is 4.57 Å². The molecule has 16 heavy (non-hydrogen) atoms. The first-order valence-corrected chi connectivity index (χ1v) is 7.75. The second-order valence-electron chi connectivity index (χ2n) is 4.50. The van der Waals surface area contributed by atoms with Gasteiger partial charge in [0.25, 0.3) is 0 Å². The van der Waals surface area contributed by atoms with Gasteiger partial charge in [-0.3, -0.25) is 0 Å². The summed E-state index contributed by atoms with van der Waals surface area (Å²) in [7, 11) is -2.87. The fourth-order valence-corrected chi connectivity index (χ4v) is 2.12. The average Bonchev–Trinajstić information content (AvgIpc) is 2.17. The van der Waals surface area contributed by atoms with Crippen molar-refractivity contribution in [2.24, 2.45) is 0 Å². The molecule has 3 nitrogen and oxygen atoms in total. The van der Waals surface area contributed by atoms with E-state index in [1.165, 1.54) is 77.0 Å². The third-order valence-corrected chi connectivity index (χ3v) is 3.00. The fraction of sp³-hybridized carbons (Fsp3) is 1.00. The van der Waals surface area contributed by atoms with Crippen molar-refractivity contribution in [1.29, 1.82) is 0 Å². The lowest BCUT2D eigenvalue weighted by molar-refractivity contribution is 0.405. The first-order valence-electron chi connectivity index (χ1n) is 6.58. The minimum atomic E-state index is -2.87. The third-order valence-electron chi connectivity index (χ3n) is 3.00. The SMILES string of the molecule is C1CCCCCCCCCCC1.O=[P+](O)O. The van der Waals surface area contributed by atoms with Crippen LogP contribution in [0.2, 0.25) is 0 Å². The van der Waals surface area contributed by atoms with Gasteiger partial charge in [0, 0.05) is 4.57 Å². The number of rotatable bonds is 0. The minimum absolute atomic E-state index is 1.50. The van der Waals surface area contributed by atoms with Gasteiger partial charge in [-0.1, -0.05) is 77.0 Å². The summed E-state index contributed by atoms with van der Waals surface area (Å²) in [4.78, 5) is 14.2. The second-order valence-corrected chi connectivity index (χ2v) is 5.00. The van der Waals surface area contributed by atoms with Crippen LogP contribution in [0.5, 0.6) is 0 Å². The lowest BCUT2D eigenvalue weighted by atomic mass is 10.0. The van der Waals surface area contributed by atoms with Gasteiger partial charge >= 0.3 is 8.25 Å². The summed E-state index contributed by atoms with van der Waals surface area (Å²) in [6, 6.07) is 0. The molecule has 2 N–H and O–H groups in total. The van der Waals surface area contributed by atoms with Crippen LogP contribution < -0.4 is 0 Å². The standard InChI is InChI=1S/C12H24.HO3P/c1-2-4-6-8-10-12-11-9-7-5-3-1;1-4(2)3/h1-12H2;(H-,1,2,3)/p+1. The highest BCUT2D eigenvalue weighted by Gasteiger charge is 1.96. The topological polar surface area (TPSA) is 57.5 Å². The predicted molar refractivity (Wildman–Crippen MR) is 67.4 cm³/mol. The molecule has 0 aromatic rings. The first-order chi connectivity index (χ1) is 7.73. The summed E-state index contributed by atoms with van der Waals surface area (Å²) in [6.45, 7) is 0. The van der Waals surface area contributed by atoms with Crippen LogP contribution in [0, 0.1) is 0 Å². The van der Waals surface area contributed by atoms with E-state index in [4.69, 9.17) is 14.4 Å². The van der Waals surface area contributed by atoms with Crippen LogP contribution >= 0.6 is 8.25 Å². The van der Waals surface area contributed by atoms with E-state index in [2.05, 4.69) is 0 Å². The van der Waals surface area contributed by atoms with Gasteiger partial charge in [0.2, 0.25) is 0 Å². The van der Waals surface area contributed by atoms with Gasteiger partial charge in [0.05, 0.1) is 0 Å². The van der Waals surface area contributed by atoms with Crippen LogP contribution in [0.25, 0.3) is 0 Å². The molecule has 0 radical (unpaired) electrons. The van der Waals surface area contributed by atoms with E-state index in [0.29, 0.717) is 0 Å². The summed E-state index contributed by atoms with van der Waals surface area (Å²) in [5, 5.41) is 0. The molecule has 0 atom stereocenters. The second kappa shape index (κ2) is 13.1. The molecule has 0 bridgehead atoms. The van der Waals surface area contributed by atoms with Gasteiger partial charge in [0.1, 0.15) is 0 Å². The summed E-state index contributed by atoms with van der Waals surface area (Å²) in [6.07, 6.45) is 18.0. The molecule has 0 amide bonds. The van der Waals surface area contributed by atoms with E-state index in [1.54, 1.807) is 0 Å². The molecule has 0 heterocycles. The van der Waals surface area contributed by atoms with E-state index < -0.39 is 8.25 Å². The van der Waals surface area contributed by atoms with Crippen molar-refractivity contribution in [2.45, 2.75) is 77.0 Å². The Morgan fingerprint density at radius 1 is 0.500 bits per heavy atom. The molecule has 96 valence electrons.